The first-order chi connectivity index (χ1) is 6.70. The highest BCUT2D eigenvalue weighted by Crippen LogP contribution is 2.38. The molecule has 1 aromatic rings. The number of aryl methyl sites for hydroxylation is 1. The highest BCUT2D eigenvalue weighted by atomic mass is 16.3. The fourth-order valence-electron chi connectivity index (χ4n) is 2.12. The molecule has 1 heterocycles. The Labute approximate surface area is 84.8 Å². The maximum atomic E-state index is 10.1. The van der Waals surface area contributed by atoms with Crippen LogP contribution in [0.1, 0.15) is 38.1 Å². The van der Waals surface area contributed by atoms with Gasteiger partial charge in [0.1, 0.15) is 11.9 Å². The van der Waals surface area contributed by atoms with Crippen LogP contribution in [-0.2, 0) is 7.05 Å². The van der Waals surface area contributed by atoms with Crippen molar-refractivity contribution in [2.24, 2.45) is 18.9 Å². The summed E-state index contributed by atoms with van der Waals surface area (Å²) < 4.78 is 1.90. The number of aliphatic hydroxyl groups excluding tert-OH is 1. The summed E-state index contributed by atoms with van der Waals surface area (Å²) in [6.45, 7) is 2.13. The van der Waals surface area contributed by atoms with E-state index < -0.39 is 6.10 Å². The van der Waals surface area contributed by atoms with E-state index in [0.717, 1.165) is 5.82 Å². The second-order valence-electron chi connectivity index (χ2n) is 4.39. The van der Waals surface area contributed by atoms with Crippen LogP contribution < -0.4 is 0 Å². The van der Waals surface area contributed by atoms with Gasteiger partial charge in [-0.1, -0.05) is 26.2 Å². The highest BCUT2D eigenvalue weighted by molar-refractivity contribution is 4.98. The zero-order valence-corrected chi connectivity index (χ0v) is 8.85. The van der Waals surface area contributed by atoms with Gasteiger partial charge in [0.15, 0.2) is 0 Å². The molecule has 14 heavy (non-hydrogen) atoms. The fraction of sp³-hybridized carbons (Fsp3) is 0.727. The molecule has 2 rings (SSSR count). The Morgan fingerprint density at radius 3 is 2.71 bits per heavy atom. The van der Waals surface area contributed by atoms with Gasteiger partial charge in [-0.2, -0.15) is 0 Å². The Morgan fingerprint density at radius 1 is 1.57 bits per heavy atom. The van der Waals surface area contributed by atoms with E-state index in [-0.39, 0.29) is 0 Å². The van der Waals surface area contributed by atoms with Crippen LogP contribution in [0.2, 0.25) is 0 Å². The zero-order chi connectivity index (χ0) is 10.1. The Balaban J connectivity index is 2.07. The summed E-state index contributed by atoms with van der Waals surface area (Å²) in [6, 6.07) is 0. The lowest BCUT2D eigenvalue weighted by atomic mass is 9.74. The Morgan fingerprint density at radius 2 is 2.29 bits per heavy atom. The third-order valence-electron chi connectivity index (χ3n) is 3.51. The maximum absolute atomic E-state index is 10.1. The minimum Gasteiger partial charge on any atom is -0.385 e. The fourth-order valence-corrected chi connectivity index (χ4v) is 2.12. The minimum absolute atomic E-state index is 0.338. The molecular formula is C11H18N2O. The Hall–Kier alpha value is -0.830. The molecule has 0 aliphatic heterocycles. The summed E-state index contributed by atoms with van der Waals surface area (Å²) in [4.78, 5) is 4.19. The normalized spacial score (nSPS) is 21.6. The number of aliphatic hydroxyl groups is 1. The van der Waals surface area contributed by atoms with E-state index in [4.69, 9.17) is 0 Å². The van der Waals surface area contributed by atoms with E-state index in [9.17, 15) is 5.11 Å². The van der Waals surface area contributed by atoms with Crippen molar-refractivity contribution in [2.45, 2.75) is 32.3 Å². The van der Waals surface area contributed by atoms with Gasteiger partial charge in [-0.25, -0.2) is 4.98 Å². The summed E-state index contributed by atoms with van der Waals surface area (Å²) in [5, 5.41) is 10.1. The number of hydrogen-bond acceptors (Lipinski definition) is 2. The molecule has 0 spiro atoms. The Bertz CT molecular complexity index is 304. The van der Waals surface area contributed by atoms with Crippen molar-refractivity contribution < 1.29 is 5.11 Å². The van der Waals surface area contributed by atoms with Gasteiger partial charge in [0.05, 0.1) is 0 Å². The van der Waals surface area contributed by atoms with Crippen LogP contribution in [0.5, 0.6) is 0 Å². The zero-order valence-electron chi connectivity index (χ0n) is 8.85. The molecule has 1 fully saturated rings. The Kier molecular flexibility index (Phi) is 2.59. The third kappa shape index (κ3) is 1.57. The lowest BCUT2D eigenvalue weighted by Crippen LogP contribution is -2.26. The number of imidazole rings is 1. The average Bonchev–Trinajstić information content (AvgIpc) is 2.47. The molecule has 3 nitrogen and oxygen atoms in total. The van der Waals surface area contributed by atoms with Crippen LogP contribution in [0, 0.1) is 11.8 Å². The lowest BCUT2D eigenvalue weighted by Gasteiger charge is -2.33. The van der Waals surface area contributed by atoms with Gasteiger partial charge in [-0.3, -0.25) is 0 Å². The standard InChI is InChI=1S/C11H18N2O/c1-8(9-4-3-5-9)10(14)11-12-6-7-13(11)2/h6-10,14H,3-5H2,1-2H3. The number of aromatic nitrogens is 2. The van der Waals surface area contributed by atoms with Gasteiger partial charge in [-0.05, 0) is 11.8 Å². The van der Waals surface area contributed by atoms with Gasteiger partial charge in [-0.15, -0.1) is 0 Å². The minimum atomic E-state index is -0.403. The molecule has 2 atom stereocenters. The molecule has 0 bridgehead atoms. The van der Waals surface area contributed by atoms with Crippen LogP contribution in [0.3, 0.4) is 0 Å². The van der Waals surface area contributed by atoms with Crippen molar-refractivity contribution in [3.63, 3.8) is 0 Å². The molecule has 1 aromatic heterocycles. The van der Waals surface area contributed by atoms with Crippen molar-refractivity contribution in [3.05, 3.63) is 18.2 Å². The quantitative estimate of drug-likeness (QED) is 0.798. The van der Waals surface area contributed by atoms with Crippen molar-refractivity contribution >= 4 is 0 Å². The van der Waals surface area contributed by atoms with Crippen LogP contribution >= 0.6 is 0 Å². The molecule has 3 heteroatoms. The van der Waals surface area contributed by atoms with Gasteiger partial charge < -0.3 is 9.67 Å². The number of rotatable bonds is 3. The molecule has 1 aliphatic carbocycles. The highest BCUT2D eigenvalue weighted by Gasteiger charge is 2.31. The van der Waals surface area contributed by atoms with Gasteiger partial charge in [0.25, 0.3) is 0 Å². The molecule has 0 saturated heterocycles. The van der Waals surface area contributed by atoms with Crippen LogP contribution in [-0.4, -0.2) is 14.7 Å². The van der Waals surface area contributed by atoms with Crippen LogP contribution in [0.4, 0.5) is 0 Å². The smallest absolute Gasteiger partial charge is 0.137 e. The van der Waals surface area contributed by atoms with Crippen molar-refractivity contribution in [2.75, 3.05) is 0 Å². The molecule has 1 aliphatic rings. The van der Waals surface area contributed by atoms with Gasteiger partial charge in [0.2, 0.25) is 0 Å². The van der Waals surface area contributed by atoms with E-state index in [1.807, 2.05) is 17.8 Å². The lowest BCUT2D eigenvalue weighted by molar-refractivity contribution is 0.0453. The molecular weight excluding hydrogens is 176 g/mol. The SMILES string of the molecule is CC(C1CCC1)C(O)c1nccn1C. The summed E-state index contributed by atoms with van der Waals surface area (Å²) in [6.07, 6.45) is 7.08. The van der Waals surface area contributed by atoms with E-state index in [1.165, 1.54) is 19.3 Å². The maximum Gasteiger partial charge on any atom is 0.137 e. The molecule has 0 radical (unpaired) electrons. The summed E-state index contributed by atoms with van der Waals surface area (Å²) in [7, 11) is 1.93. The molecule has 1 N–H and O–H groups in total. The van der Waals surface area contributed by atoms with Crippen LogP contribution in [0.25, 0.3) is 0 Å². The second-order valence-corrected chi connectivity index (χ2v) is 4.39. The summed E-state index contributed by atoms with van der Waals surface area (Å²) >= 11 is 0. The molecule has 0 aromatic carbocycles. The summed E-state index contributed by atoms with van der Waals surface area (Å²) in [5.74, 6) is 1.83. The van der Waals surface area contributed by atoms with Gasteiger partial charge in [0, 0.05) is 19.4 Å². The first kappa shape index (κ1) is 9.71. The first-order valence-electron chi connectivity index (χ1n) is 5.35. The predicted octanol–water partition coefficient (Wildman–Crippen LogP) is 1.89. The largest absolute Gasteiger partial charge is 0.385 e. The van der Waals surface area contributed by atoms with Crippen molar-refractivity contribution in [1.29, 1.82) is 0 Å². The second kappa shape index (κ2) is 3.73. The molecule has 2 unspecified atom stereocenters. The molecule has 1 saturated carbocycles. The van der Waals surface area contributed by atoms with Crippen molar-refractivity contribution in [3.8, 4) is 0 Å². The summed E-state index contributed by atoms with van der Waals surface area (Å²) in [5.41, 5.74) is 0. The van der Waals surface area contributed by atoms with Gasteiger partial charge >= 0.3 is 0 Å². The number of hydrogen-bond donors (Lipinski definition) is 1. The third-order valence-corrected chi connectivity index (χ3v) is 3.51. The topological polar surface area (TPSA) is 38.1 Å². The molecule has 0 amide bonds. The van der Waals surface area contributed by atoms with Crippen molar-refractivity contribution in [1.82, 2.24) is 9.55 Å². The van der Waals surface area contributed by atoms with E-state index >= 15 is 0 Å². The van der Waals surface area contributed by atoms with E-state index in [2.05, 4.69) is 11.9 Å². The van der Waals surface area contributed by atoms with Crippen LogP contribution in [0.15, 0.2) is 12.4 Å². The molecule has 78 valence electrons. The average molecular weight is 194 g/mol. The monoisotopic (exact) mass is 194 g/mol. The number of nitrogens with zero attached hydrogens (tertiary/aromatic N) is 2. The predicted molar refractivity (Wildman–Crippen MR) is 54.7 cm³/mol. The van der Waals surface area contributed by atoms with E-state index in [1.54, 1.807) is 6.20 Å². The first-order valence-corrected chi connectivity index (χ1v) is 5.35. The van der Waals surface area contributed by atoms with E-state index in [0.29, 0.717) is 11.8 Å².